The first-order valence-corrected chi connectivity index (χ1v) is 9.21. The number of aromatic nitrogens is 2. The van der Waals surface area contributed by atoms with Gasteiger partial charge in [0, 0.05) is 17.1 Å². The standard InChI is InChI=1S/C22H17ClFN3O/c23-18-6-2-1-5-15(18)13-21-26-19-7-3-4-8-20(19)27(21)14-22(28)25-17-11-9-16(24)10-12-17/h1-12H,13-14H2,(H,25,28). The Morgan fingerprint density at radius 3 is 2.50 bits per heavy atom. The molecule has 0 spiro atoms. The van der Waals surface area contributed by atoms with E-state index in [0.29, 0.717) is 17.1 Å². The van der Waals surface area contributed by atoms with Crippen LogP contribution in [0.4, 0.5) is 10.1 Å². The van der Waals surface area contributed by atoms with Crippen LogP contribution in [0.5, 0.6) is 0 Å². The maximum Gasteiger partial charge on any atom is 0.244 e. The van der Waals surface area contributed by atoms with Crippen LogP contribution in [0.25, 0.3) is 11.0 Å². The van der Waals surface area contributed by atoms with Crippen LogP contribution in [-0.2, 0) is 17.8 Å². The Bertz CT molecular complexity index is 1140. The van der Waals surface area contributed by atoms with Gasteiger partial charge in [-0.1, -0.05) is 41.9 Å². The number of carbonyl (C=O) groups is 1. The minimum Gasteiger partial charge on any atom is -0.325 e. The van der Waals surface area contributed by atoms with Crippen molar-refractivity contribution in [2.45, 2.75) is 13.0 Å². The summed E-state index contributed by atoms with van der Waals surface area (Å²) in [6.07, 6.45) is 0.512. The quantitative estimate of drug-likeness (QED) is 0.515. The molecule has 0 unspecified atom stereocenters. The summed E-state index contributed by atoms with van der Waals surface area (Å²) in [5.74, 6) is 0.194. The summed E-state index contributed by atoms with van der Waals surface area (Å²) in [5.41, 5.74) is 3.18. The normalized spacial score (nSPS) is 10.9. The summed E-state index contributed by atoms with van der Waals surface area (Å²) in [7, 11) is 0. The molecule has 0 saturated heterocycles. The van der Waals surface area contributed by atoms with Crippen molar-refractivity contribution in [1.29, 1.82) is 0 Å². The number of rotatable bonds is 5. The van der Waals surface area contributed by atoms with Crippen LogP contribution in [0.1, 0.15) is 11.4 Å². The van der Waals surface area contributed by atoms with Crippen molar-refractivity contribution in [3.8, 4) is 0 Å². The number of benzene rings is 3. The fraction of sp³-hybridized carbons (Fsp3) is 0.0909. The number of anilines is 1. The summed E-state index contributed by atoms with van der Waals surface area (Å²) in [4.78, 5) is 17.3. The molecule has 0 atom stereocenters. The second-order valence-electron chi connectivity index (χ2n) is 6.43. The lowest BCUT2D eigenvalue weighted by atomic mass is 10.1. The summed E-state index contributed by atoms with van der Waals surface area (Å²) in [5, 5.41) is 3.46. The molecule has 140 valence electrons. The zero-order valence-corrected chi connectivity index (χ0v) is 15.7. The van der Waals surface area contributed by atoms with E-state index in [4.69, 9.17) is 16.6 Å². The minimum atomic E-state index is -0.347. The van der Waals surface area contributed by atoms with Crippen LogP contribution < -0.4 is 5.32 Å². The predicted octanol–water partition coefficient (Wildman–Crippen LogP) is 5.06. The first kappa shape index (κ1) is 18.2. The zero-order chi connectivity index (χ0) is 19.5. The molecule has 0 fully saturated rings. The van der Waals surface area contributed by atoms with Crippen molar-refractivity contribution >= 4 is 34.2 Å². The number of hydrogen-bond acceptors (Lipinski definition) is 2. The summed E-state index contributed by atoms with van der Waals surface area (Å²) in [6.45, 7) is 0.0949. The molecule has 3 aromatic carbocycles. The smallest absolute Gasteiger partial charge is 0.244 e. The second-order valence-corrected chi connectivity index (χ2v) is 6.83. The van der Waals surface area contributed by atoms with Gasteiger partial charge in [0.05, 0.1) is 11.0 Å². The highest BCUT2D eigenvalue weighted by molar-refractivity contribution is 6.31. The Balaban J connectivity index is 1.64. The molecule has 0 radical (unpaired) electrons. The first-order chi connectivity index (χ1) is 13.6. The van der Waals surface area contributed by atoms with E-state index in [1.165, 1.54) is 24.3 Å². The maximum atomic E-state index is 13.1. The fourth-order valence-electron chi connectivity index (χ4n) is 3.13. The molecule has 1 N–H and O–H groups in total. The topological polar surface area (TPSA) is 46.9 Å². The monoisotopic (exact) mass is 393 g/mol. The van der Waals surface area contributed by atoms with Crippen molar-refractivity contribution < 1.29 is 9.18 Å². The van der Waals surface area contributed by atoms with Crippen LogP contribution >= 0.6 is 11.6 Å². The van der Waals surface area contributed by atoms with Gasteiger partial charge in [-0.2, -0.15) is 0 Å². The van der Waals surface area contributed by atoms with Crippen LogP contribution in [0.2, 0.25) is 5.02 Å². The molecule has 1 amide bonds. The van der Waals surface area contributed by atoms with Crippen LogP contribution in [0.15, 0.2) is 72.8 Å². The number of para-hydroxylation sites is 2. The molecule has 0 saturated carbocycles. The Morgan fingerprint density at radius 1 is 1.00 bits per heavy atom. The van der Waals surface area contributed by atoms with Crippen LogP contribution in [0, 0.1) is 5.82 Å². The van der Waals surface area contributed by atoms with Crippen molar-refractivity contribution in [3.63, 3.8) is 0 Å². The highest BCUT2D eigenvalue weighted by Gasteiger charge is 2.15. The van der Waals surface area contributed by atoms with Gasteiger partial charge in [0.25, 0.3) is 0 Å². The third kappa shape index (κ3) is 3.89. The number of nitrogens with one attached hydrogen (secondary N) is 1. The molecule has 28 heavy (non-hydrogen) atoms. The highest BCUT2D eigenvalue weighted by Crippen LogP contribution is 2.22. The largest absolute Gasteiger partial charge is 0.325 e. The molecule has 1 heterocycles. The van der Waals surface area contributed by atoms with E-state index in [2.05, 4.69) is 5.32 Å². The van der Waals surface area contributed by atoms with Crippen molar-refractivity contribution in [3.05, 3.63) is 95.0 Å². The average molecular weight is 394 g/mol. The van der Waals surface area contributed by atoms with Crippen molar-refractivity contribution in [1.82, 2.24) is 9.55 Å². The number of halogens is 2. The molecular weight excluding hydrogens is 377 g/mol. The number of nitrogens with zero attached hydrogens (tertiary/aromatic N) is 2. The van der Waals surface area contributed by atoms with Crippen molar-refractivity contribution in [2.24, 2.45) is 0 Å². The minimum absolute atomic E-state index is 0.0949. The summed E-state index contributed by atoms with van der Waals surface area (Å²) >= 11 is 6.30. The molecule has 4 aromatic rings. The van der Waals surface area contributed by atoms with Gasteiger partial charge in [-0.05, 0) is 48.0 Å². The number of hydrogen-bond donors (Lipinski definition) is 1. The highest BCUT2D eigenvalue weighted by atomic mass is 35.5. The lowest BCUT2D eigenvalue weighted by Crippen LogP contribution is -2.20. The number of carbonyl (C=O) groups excluding carboxylic acids is 1. The van der Waals surface area contributed by atoms with Crippen molar-refractivity contribution in [2.75, 3.05) is 5.32 Å². The van der Waals surface area contributed by atoms with E-state index < -0.39 is 0 Å². The van der Waals surface area contributed by atoms with Gasteiger partial charge in [-0.25, -0.2) is 9.37 Å². The van der Waals surface area contributed by atoms with E-state index in [1.807, 2.05) is 53.1 Å². The Labute approximate surface area is 166 Å². The SMILES string of the molecule is O=C(Cn1c(Cc2ccccc2Cl)nc2ccccc21)Nc1ccc(F)cc1. The molecule has 0 aliphatic rings. The predicted molar refractivity (Wildman–Crippen MR) is 109 cm³/mol. The second kappa shape index (κ2) is 7.82. The average Bonchev–Trinajstić information content (AvgIpc) is 3.03. The molecule has 6 heteroatoms. The van der Waals surface area contributed by atoms with E-state index >= 15 is 0 Å². The Kier molecular flexibility index (Phi) is 5.08. The molecule has 0 aliphatic heterocycles. The number of amides is 1. The van der Waals surface area contributed by atoms with Gasteiger partial charge >= 0.3 is 0 Å². The van der Waals surface area contributed by atoms with E-state index in [-0.39, 0.29) is 18.3 Å². The van der Waals surface area contributed by atoms with Gasteiger partial charge in [0.2, 0.25) is 5.91 Å². The number of fused-ring (bicyclic) bond motifs is 1. The third-order valence-electron chi connectivity index (χ3n) is 4.47. The lowest BCUT2D eigenvalue weighted by Gasteiger charge is -2.11. The number of imidazole rings is 1. The van der Waals surface area contributed by atoms with Crippen LogP contribution in [-0.4, -0.2) is 15.5 Å². The Morgan fingerprint density at radius 2 is 1.71 bits per heavy atom. The zero-order valence-electron chi connectivity index (χ0n) is 14.9. The molecule has 4 nitrogen and oxygen atoms in total. The van der Waals surface area contributed by atoms with Crippen LogP contribution in [0.3, 0.4) is 0 Å². The van der Waals surface area contributed by atoms with Gasteiger partial charge in [0.15, 0.2) is 0 Å². The van der Waals surface area contributed by atoms with Gasteiger partial charge in [-0.3, -0.25) is 4.79 Å². The maximum absolute atomic E-state index is 13.1. The molecule has 1 aromatic heterocycles. The van der Waals surface area contributed by atoms with Gasteiger partial charge in [0.1, 0.15) is 18.2 Å². The van der Waals surface area contributed by atoms with Gasteiger partial charge in [-0.15, -0.1) is 0 Å². The van der Waals surface area contributed by atoms with E-state index in [1.54, 1.807) is 0 Å². The summed E-state index contributed by atoms with van der Waals surface area (Å²) < 4.78 is 14.9. The van der Waals surface area contributed by atoms with E-state index in [0.717, 1.165) is 22.4 Å². The Hall–Kier alpha value is -3.18. The third-order valence-corrected chi connectivity index (χ3v) is 4.84. The fourth-order valence-corrected chi connectivity index (χ4v) is 3.33. The van der Waals surface area contributed by atoms with Gasteiger partial charge < -0.3 is 9.88 Å². The first-order valence-electron chi connectivity index (χ1n) is 8.83. The molecular formula is C22H17ClFN3O. The lowest BCUT2D eigenvalue weighted by molar-refractivity contribution is -0.116. The molecule has 0 aliphatic carbocycles. The summed E-state index contributed by atoms with van der Waals surface area (Å²) in [6, 6.07) is 21.0. The molecule has 0 bridgehead atoms. The van der Waals surface area contributed by atoms with E-state index in [9.17, 15) is 9.18 Å². The molecule has 4 rings (SSSR count).